The Bertz CT molecular complexity index is 1120. The maximum atomic E-state index is 13.3. The normalized spacial score (nSPS) is 18.1. The van der Waals surface area contributed by atoms with Crippen LogP contribution in [-0.2, 0) is 14.8 Å². The van der Waals surface area contributed by atoms with Crippen LogP contribution in [0.15, 0.2) is 27.1 Å². The second-order valence-corrected chi connectivity index (χ2v) is 10.8. The first kappa shape index (κ1) is 20.1. The minimum absolute atomic E-state index is 0.144. The lowest BCUT2D eigenvalue weighted by atomic mass is 9.99. The Morgan fingerprint density at radius 3 is 2.90 bits per heavy atom. The molecule has 0 spiro atoms. The quantitative estimate of drug-likeness (QED) is 0.631. The van der Waals surface area contributed by atoms with Crippen LogP contribution in [0, 0.1) is 19.8 Å². The van der Waals surface area contributed by atoms with Crippen molar-refractivity contribution in [3.8, 4) is 10.7 Å². The Morgan fingerprint density at radius 2 is 2.21 bits per heavy atom. The highest BCUT2D eigenvalue weighted by molar-refractivity contribution is 7.89. The SMILES string of the molecule is Cc1nc(-c2cc(S(=O)(=O)N3CCC[C@@H](C(=O)Nc4nccs4)C3)c(C)s2)no1. The highest BCUT2D eigenvalue weighted by atomic mass is 32.2. The standard InChI is InChI=1S/C17H19N5O4S3/c1-10-14(8-13(28-10)15-19-11(2)26-21-15)29(24,25)22-6-3-4-12(9-22)16(23)20-17-18-5-7-27-17/h5,7-8,12H,3-4,6,9H2,1-2H3,(H,18,20,23)/t12-/m1/s1. The van der Waals surface area contributed by atoms with Crippen LogP contribution in [0.5, 0.6) is 0 Å². The zero-order chi connectivity index (χ0) is 20.6. The van der Waals surface area contributed by atoms with E-state index in [1.807, 2.05) is 0 Å². The number of anilines is 1. The van der Waals surface area contributed by atoms with E-state index in [0.29, 0.717) is 46.0 Å². The van der Waals surface area contributed by atoms with Crippen molar-refractivity contribution in [2.45, 2.75) is 31.6 Å². The van der Waals surface area contributed by atoms with Crippen molar-refractivity contribution in [3.05, 3.63) is 28.4 Å². The van der Waals surface area contributed by atoms with Gasteiger partial charge in [-0.1, -0.05) is 5.16 Å². The number of rotatable bonds is 5. The molecule has 1 fully saturated rings. The van der Waals surface area contributed by atoms with Gasteiger partial charge in [0.05, 0.1) is 15.7 Å². The molecule has 1 saturated heterocycles. The summed E-state index contributed by atoms with van der Waals surface area (Å²) in [5.41, 5.74) is 0. The lowest BCUT2D eigenvalue weighted by Crippen LogP contribution is -2.43. The second-order valence-electron chi connectivity index (χ2n) is 6.70. The summed E-state index contributed by atoms with van der Waals surface area (Å²) < 4.78 is 32.9. The fourth-order valence-corrected chi connectivity index (χ4v) is 6.78. The smallest absolute Gasteiger partial charge is 0.244 e. The van der Waals surface area contributed by atoms with Crippen LogP contribution in [0.2, 0.25) is 0 Å². The van der Waals surface area contributed by atoms with Gasteiger partial charge in [-0.3, -0.25) is 4.79 Å². The molecule has 3 aromatic rings. The molecular formula is C17H19N5O4S3. The molecule has 1 amide bonds. The van der Waals surface area contributed by atoms with Gasteiger partial charge in [0.2, 0.25) is 27.6 Å². The lowest BCUT2D eigenvalue weighted by Gasteiger charge is -2.31. The molecular weight excluding hydrogens is 434 g/mol. The first-order chi connectivity index (χ1) is 13.8. The van der Waals surface area contributed by atoms with Gasteiger partial charge in [0.15, 0.2) is 5.13 Å². The predicted octanol–water partition coefficient (Wildman–Crippen LogP) is 2.91. The number of thiophene rings is 1. The first-order valence-electron chi connectivity index (χ1n) is 8.96. The Labute approximate surface area is 175 Å². The van der Waals surface area contributed by atoms with Gasteiger partial charge in [0.1, 0.15) is 0 Å². The molecule has 1 atom stereocenters. The fraction of sp³-hybridized carbons (Fsp3) is 0.412. The summed E-state index contributed by atoms with van der Waals surface area (Å²) in [6, 6.07) is 1.58. The van der Waals surface area contributed by atoms with Gasteiger partial charge in [-0.2, -0.15) is 9.29 Å². The summed E-state index contributed by atoms with van der Waals surface area (Å²) in [6.45, 7) is 3.96. The van der Waals surface area contributed by atoms with Crippen molar-refractivity contribution >= 4 is 43.7 Å². The molecule has 12 heteroatoms. The van der Waals surface area contributed by atoms with Crippen LogP contribution in [0.1, 0.15) is 23.6 Å². The Morgan fingerprint density at radius 1 is 1.38 bits per heavy atom. The molecule has 0 bridgehead atoms. The van der Waals surface area contributed by atoms with Crippen molar-refractivity contribution in [2.24, 2.45) is 5.92 Å². The number of carbonyl (C=O) groups excluding carboxylic acids is 1. The van der Waals surface area contributed by atoms with Crippen molar-refractivity contribution < 1.29 is 17.7 Å². The number of carbonyl (C=O) groups is 1. The summed E-state index contributed by atoms with van der Waals surface area (Å²) in [5, 5.41) is 8.92. The Balaban J connectivity index is 1.54. The highest BCUT2D eigenvalue weighted by Crippen LogP contribution is 2.35. The van der Waals surface area contributed by atoms with Crippen LogP contribution in [0.4, 0.5) is 5.13 Å². The van der Waals surface area contributed by atoms with Crippen molar-refractivity contribution in [1.29, 1.82) is 0 Å². The van der Waals surface area contributed by atoms with Crippen molar-refractivity contribution in [2.75, 3.05) is 18.4 Å². The van der Waals surface area contributed by atoms with Crippen LogP contribution in [0.25, 0.3) is 10.7 Å². The van der Waals surface area contributed by atoms with E-state index in [4.69, 9.17) is 4.52 Å². The van der Waals surface area contributed by atoms with Gasteiger partial charge >= 0.3 is 0 Å². The predicted molar refractivity (Wildman–Crippen MR) is 109 cm³/mol. The number of thiazole rings is 1. The molecule has 0 aromatic carbocycles. The van der Waals surface area contributed by atoms with E-state index >= 15 is 0 Å². The molecule has 1 aliphatic heterocycles. The summed E-state index contributed by atoms with van der Waals surface area (Å²) in [6.07, 6.45) is 2.87. The van der Waals surface area contributed by atoms with Gasteiger partial charge in [-0.25, -0.2) is 13.4 Å². The Kier molecular flexibility index (Phi) is 5.51. The fourth-order valence-electron chi connectivity index (χ4n) is 3.24. The number of aromatic nitrogens is 3. The van der Waals surface area contributed by atoms with Crippen molar-refractivity contribution in [1.82, 2.24) is 19.4 Å². The molecule has 29 heavy (non-hydrogen) atoms. The Hall–Kier alpha value is -2.15. The van der Waals surface area contributed by atoms with Gasteiger partial charge in [-0.05, 0) is 25.8 Å². The maximum Gasteiger partial charge on any atom is 0.244 e. The van der Waals surface area contributed by atoms with Crippen LogP contribution in [-0.4, -0.2) is 46.8 Å². The van der Waals surface area contributed by atoms with E-state index < -0.39 is 15.9 Å². The summed E-state index contributed by atoms with van der Waals surface area (Å²) >= 11 is 2.63. The van der Waals surface area contributed by atoms with E-state index in [2.05, 4.69) is 20.4 Å². The largest absolute Gasteiger partial charge is 0.339 e. The molecule has 9 nitrogen and oxygen atoms in total. The number of nitrogens with one attached hydrogen (secondary N) is 1. The number of hydrogen-bond acceptors (Lipinski definition) is 9. The van der Waals surface area contributed by atoms with E-state index in [9.17, 15) is 13.2 Å². The van der Waals surface area contributed by atoms with E-state index in [1.165, 1.54) is 27.0 Å². The highest BCUT2D eigenvalue weighted by Gasteiger charge is 2.35. The molecule has 154 valence electrons. The zero-order valence-electron chi connectivity index (χ0n) is 15.8. The molecule has 1 N–H and O–H groups in total. The molecule has 0 unspecified atom stereocenters. The third kappa shape index (κ3) is 4.10. The summed E-state index contributed by atoms with van der Waals surface area (Å²) in [5.74, 6) is 0.169. The minimum Gasteiger partial charge on any atom is -0.339 e. The number of piperidine rings is 1. The second kappa shape index (κ2) is 7.94. The number of nitrogens with zero attached hydrogens (tertiary/aromatic N) is 4. The molecule has 0 radical (unpaired) electrons. The van der Waals surface area contributed by atoms with E-state index in [0.717, 1.165) is 0 Å². The number of hydrogen-bond donors (Lipinski definition) is 1. The summed E-state index contributed by atoms with van der Waals surface area (Å²) in [7, 11) is -3.74. The number of aryl methyl sites for hydroxylation is 2. The average Bonchev–Trinajstić information content (AvgIpc) is 3.43. The first-order valence-corrected chi connectivity index (χ1v) is 12.1. The average molecular weight is 454 g/mol. The topological polar surface area (TPSA) is 118 Å². The number of sulfonamides is 1. The van der Waals surface area contributed by atoms with Crippen LogP contribution in [0.3, 0.4) is 0 Å². The molecule has 0 saturated carbocycles. The van der Waals surface area contributed by atoms with Gasteiger partial charge < -0.3 is 9.84 Å². The van der Waals surface area contributed by atoms with E-state index in [1.54, 1.807) is 31.5 Å². The minimum atomic E-state index is -3.74. The maximum absolute atomic E-state index is 13.3. The zero-order valence-corrected chi connectivity index (χ0v) is 18.2. The number of amides is 1. The molecule has 4 rings (SSSR count). The van der Waals surface area contributed by atoms with Gasteiger partial charge in [0, 0.05) is 36.5 Å². The van der Waals surface area contributed by atoms with Crippen LogP contribution >= 0.6 is 22.7 Å². The molecule has 0 aliphatic carbocycles. The van der Waals surface area contributed by atoms with Crippen LogP contribution < -0.4 is 5.32 Å². The summed E-state index contributed by atoms with van der Waals surface area (Å²) in [4.78, 5) is 22.3. The monoisotopic (exact) mass is 453 g/mol. The lowest BCUT2D eigenvalue weighted by molar-refractivity contribution is -0.120. The third-order valence-corrected chi connectivity index (χ3v) is 8.51. The van der Waals surface area contributed by atoms with Crippen molar-refractivity contribution in [3.63, 3.8) is 0 Å². The molecule has 3 aromatic heterocycles. The van der Waals surface area contributed by atoms with E-state index in [-0.39, 0.29) is 17.3 Å². The molecule has 4 heterocycles. The van der Waals surface area contributed by atoms with Gasteiger partial charge in [-0.15, -0.1) is 22.7 Å². The third-order valence-electron chi connectivity index (χ3n) is 4.66. The van der Waals surface area contributed by atoms with Gasteiger partial charge in [0.25, 0.3) is 0 Å². The molecule has 1 aliphatic rings.